The van der Waals surface area contributed by atoms with Gasteiger partial charge in [-0.1, -0.05) is 15.9 Å². The molecule has 1 saturated heterocycles. The van der Waals surface area contributed by atoms with Crippen molar-refractivity contribution in [3.05, 3.63) is 52.0 Å². The van der Waals surface area contributed by atoms with E-state index in [2.05, 4.69) is 36.1 Å². The summed E-state index contributed by atoms with van der Waals surface area (Å²) in [5.41, 5.74) is 1.88. The zero-order chi connectivity index (χ0) is 21.6. The molecule has 2 aromatic carbocycles. The minimum absolute atomic E-state index is 0.0580. The highest BCUT2D eigenvalue weighted by atomic mass is 79.9. The van der Waals surface area contributed by atoms with E-state index in [-0.39, 0.29) is 12.1 Å². The van der Waals surface area contributed by atoms with E-state index in [4.69, 9.17) is 9.72 Å². The second-order valence-electron chi connectivity index (χ2n) is 7.65. The molecule has 31 heavy (non-hydrogen) atoms. The van der Waals surface area contributed by atoms with Gasteiger partial charge in [0.25, 0.3) is 0 Å². The molecule has 2 N–H and O–H groups in total. The van der Waals surface area contributed by atoms with Gasteiger partial charge in [-0.05, 0) is 37.4 Å². The first-order chi connectivity index (χ1) is 15.0. The van der Waals surface area contributed by atoms with E-state index in [1.807, 2.05) is 25.2 Å². The van der Waals surface area contributed by atoms with Crippen LogP contribution in [0.5, 0.6) is 0 Å². The van der Waals surface area contributed by atoms with Crippen LogP contribution >= 0.6 is 27.3 Å². The summed E-state index contributed by atoms with van der Waals surface area (Å²) in [6, 6.07) is 8.97. The van der Waals surface area contributed by atoms with Crippen molar-refractivity contribution in [3.63, 3.8) is 0 Å². The maximum absolute atomic E-state index is 14.6. The summed E-state index contributed by atoms with van der Waals surface area (Å²) < 4.78 is 21.5. The van der Waals surface area contributed by atoms with E-state index in [0.29, 0.717) is 41.0 Å². The van der Waals surface area contributed by atoms with Crippen molar-refractivity contribution >= 4 is 59.9 Å². The Labute approximate surface area is 190 Å². The fraction of sp³-hybridized carbons (Fsp3) is 0.286. The van der Waals surface area contributed by atoms with Gasteiger partial charge in [0.2, 0.25) is 0 Å². The molecule has 7 nitrogen and oxygen atoms in total. The highest BCUT2D eigenvalue weighted by Crippen LogP contribution is 2.32. The Morgan fingerprint density at radius 3 is 2.84 bits per heavy atom. The number of anilines is 2. The first kappa shape index (κ1) is 20.7. The molecular formula is C21H19BrFN5O2S. The number of hydrogen-bond donors (Lipinski definition) is 2. The summed E-state index contributed by atoms with van der Waals surface area (Å²) >= 11 is 4.89. The number of fused-ring (bicyclic) bond motifs is 2. The second-order valence-corrected chi connectivity index (χ2v) is 9.68. The zero-order valence-electron chi connectivity index (χ0n) is 16.6. The number of nitrogens with one attached hydrogen (secondary N) is 1. The highest BCUT2D eigenvalue weighted by Gasteiger charge is 2.42. The first-order valence-corrected chi connectivity index (χ1v) is 11.2. The number of ether oxygens (including phenoxy) is 1. The standard InChI is InChI=1S/C21H19BrFN5O2S/c1-28(21(8-29)9-30-10-21)7-18-27-15-3-2-13(6-17(15)31-18)26-20-19-14(23)4-12(22)5-16(19)24-11-25-20/h2-6,11,29H,7-10H2,1H3,(H,24,25,26). The Hall–Kier alpha value is -2.24. The van der Waals surface area contributed by atoms with Gasteiger partial charge in [0, 0.05) is 10.2 Å². The van der Waals surface area contributed by atoms with E-state index in [1.54, 1.807) is 17.4 Å². The number of nitrogens with zero attached hydrogens (tertiary/aromatic N) is 4. The molecule has 3 heterocycles. The SMILES string of the molecule is CN(Cc1nc2ccc(Nc3ncnc4cc(Br)cc(F)c34)cc2s1)C1(CO)COC1. The summed E-state index contributed by atoms with van der Waals surface area (Å²) in [6.07, 6.45) is 1.41. The van der Waals surface area contributed by atoms with Gasteiger partial charge in [-0.15, -0.1) is 11.3 Å². The third-order valence-electron chi connectivity index (χ3n) is 5.57. The summed E-state index contributed by atoms with van der Waals surface area (Å²) in [5.74, 6) is 0.0168. The van der Waals surface area contributed by atoms with E-state index in [1.165, 1.54) is 12.4 Å². The molecule has 0 aliphatic carbocycles. The minimum atomic E-state index is -0.394. The lowest BCUT2D eigenvalue weighted by Crippen LogP contribution is -2.63. The van der Waals surface area contributed by atoms with Crippen molar-refractivity contribution in [1.29, 1.82) is 0 Å². The lowest BCUT2D eigenvalue weighted by Gasteiger charge is -2.46. The molecular weight excluding hydrogens is 485 g/mol. The van der Waals surface area contributed by atoms with Gasteiger partial charge in [0.1, 0.15) is 23.0 Å². The smallest absolute Gasteiger partial charge is 0.144 e. The van der Waals surface area contributed by atoms with E-state index >= 15 is 0 Å². The maximum atomic E-state index is 14.6. The number of hydrogen-bond acceptors (Lipinski definition) is 8. The average Bonchev–Trinajstić information content (AvgIpc) is 3.08. The Bertz CT molecular complexity index is 1270. The molecule has 0 spiro atoms. The van der Waals surface area contributed by atoms with Crippen molar-refractivity contribution in [2.45, 2.75) is 12.1 Å². The van der Waals surface area contributed by atoms with E-state index in [0.717, 1.165) is 20.9 Å². The third kappa shape index (κ3) is 3.79. The molecule has 1 aliphatic heterocycles. The van der Waals surface area contributed by atoms with E-state index in [9.17, 15) is 9.50 Å². The molecule has 5 rings (SSSR count). The summed E-state index contributed by atoms with van der Waals surface area (Å²) in [7, 11) is 1.98. The largest absolute Gasteiger partial charge is 0.394 e. The molecule has 0 saturated carbocycles. The van der Waals surface area contributed by atoms with Crippen LogP contribution in [0.2, 0.25) is 0 Å². The summed E-state index contributed by atoms with van der Waals surface area (Å²) in [5, 5.41) is 14.2. The molecule has 4 aromatic rings. The molecule has 1 fully saturated rings. The van der Waals surface area contributed by atoms with Gasteiger partial charge in [0.15, 0.2) is 0 Å². The molecule has 0 atom stereocenters. The highest BCUT2D eigenvalue weighted by molar-refractivity contribution is 9.10. The number of benzene rings is 2. The van der Waals surface area contributed by atoms with Crippen LogP contribution in [0.15, 0.2) is 41.1 Å². The van der Waals surface area contributed by atoms with Gasteiger partial charge in [-0.25, -0.2) is 19.3 Å². The number of thiazole rings is 1. The second kappa shape index (κ2) is 8.03. The number of aliphatic hydroxyl groups excluding tert-OH is 1. The van der Waals surface area contributed by atoms with Gasteiger partial charge >= 0.3 is 0 Å². The molecule has 1 aliphatic rings. The molecule has 10 heteroatoms. The molecule has 0 radical (unpaired) electrons. The monoisotopic (exact) mass is 503 g/mol. The molecule has 0 unspecified atom stereocenters. The fourth-order valence-corrected chi connectivity index (χ4v) is 5.08. The van der Waals surface area contributed by atoms with Crippen LogP contribution in [0.4, 0.5) is 15.9 Å². The number of halogens is 2. The Morgan fingerprint density at radius 1 is 1.26 bits per heavy atom. The predicted molar refractivity (Wildman–Crippen MR) is 122 cm³/mol. The van der Waals surface area contributed by atoms with Crippen LogP contribution in [0.1, 0.15) is 5.01 Å². The molecule has 0 amide bonds. The fourth-order valence-electron chi connectivity index (χ4n) is 3.60. The van der Waals surface area contributed by atoms with Crippen LogP contribution in [0.3, 0.4) is 0 Å². The third-order valence-corrected chi connectivity index (χ3v) is 7.03. The van der Waals surface area contributed by atoms with Crippen molar-refractivity contribution in [2.24, 2.45) is 0 Å². The summed E-state index contributed by atoms with van der Waals surface area (Å²) in [6.45, 7) is 1.74. The number of rotatable bonds is 6. The predicted octanol–water partition coefficient (Wildman–Crippen LogP) is 4.08. The van der Waals surface area contributed by atoms with Crippen LogP contribution < -0.4 is 5.32 Å². The number of aliphatic hydroxyl groups is 1. The van der Waals surface area contributed by atoms with Crippen molar-refractivity contribution < 1.29 is 14.2 Å². The number of likely N-dealkylation sites (N-methyl/N-ethyl adjacent to an activating group) is 1. The van der Waals surface area contributed by atoms with Crippen LogP contribution in [0, 0.1) is 5.82 Å². The van der Waals surface area contributed by atoms with Gasteiger partial charge in [0.05, 0.1) is 53.0 Å². The Balaban J connectivity index is 1.42. The molecule has 0 bridgehead atoms. The van der Waals surface area contributed by atoms with Crippen molar-refractivity contribution in [1.82, 2.24) is 19.9 Å². The first-order valence-electron chi connectivity index (χ1n) is 9.63. The zero-order valence-corrected chi connectivity index (χ0v) is 19.0. The van der Waals surface area contributed by atoms with Crippen molar-refractivity contribution in [3.8, 4) is 0 Å². The molecule has 2 aromatic heterocycles. The number of aromatic nitrogens is 3. The van der Waals surface area contributed by atoms with Crippen LogP contribution in [0.25, 0.3) is 21.1 Å². The van der Waals surface area contributed by atoms with Gasteiger partial charge in [-0.2, -0.15) is 0 Å². The van der Waals surface area contributed by atoms with Crippen molar-refractivity contribution in [2.75, 3.05) is 32.2 Å². The van der Waals surface area contributed by atoms with Crippen LogP contribution in [-0.4, -0.2) is 57.4 Å². The topological polar surface area (TPSA) is 83.4 Å². The lowest BCUT2D eigenvalue weighted by atomic mass is 9.97. The Morgan fingerprint density at radius 2 is 2.10 bits per heavy atom. The van der Waals surface area contributed by atoms with Gasteiger partial charge < -0.3 is 15.2 Å². The maximum Gasteiger partial charge on any atom is 0.144 e. The normalized spacial score (nSPS) is 15.5. The molecule has 160 valence electrons. The average molecular weight is 504 g/mol. The van der Waals surface area contributed by atoms with Gasteiger partial charge in [-0.3, -0.25) is 4.90 Å². The minimum Gasteiger partial charge on any atom is -0.394 e. The lowest BCUT2D eigenvalue weighted by molar-refractivity contribution is -0.155. The summed E-state index contributed by atoms with van der Waals surface area (Å²) in [4.78, 5) is 15.2. The van der Waals surface area contributed by atoms with Crippen LogP contribution in [-0.2, 0) is 11.3 Å². The van der Waals surface area contributed by atoms with E-state index < -0.39 is 5.82 Å². The quantitative estimate of drug-likeness (QED) is 0.410. The Kier molecular flexibility index (Phi) is 5.35.